The Morgan fingerprint density at radius 2 is 1.89 bits per heavy atom. The maximum Gasteiger partial charge on any atom is 0.408 e. The Labute approximate surface area is 225 Å². The van der Waals surface area contributed by atoms with E-state index < -0.39 is 51.2 Å². The summed E-state index contributed by atoms with van der Waals surface area (Å²) in [6, 6.07) is -1.67. The summed E-state index contributed by atoms with van der Waals surface area (Å²) in [7, 11) is -3.82. The van der Waals surface area contributed by atoms with E-state index in [0.717, 1.165) is 19.3 Å². The van der Waals surface area contributed by atoms with Gasteiger partial charge in [-0.05, 0) is 65.7 Å². The van der Waals surface area contributed by atoms with Crippen molar-refractivity contribution >= 4 is 33.8 Å². The summed E-state index contributed by atoms with van der Waals surface area (Å²) in [6.07, 6.45) is 8.30. The highest BCUT2D eigenvalue weighted by Gasteiger charge is 2.61. The summed E-state index contributed by atoms with van der Waals surface area (Å²) >= 11 is 0. The summed E-state index contributed by atoms with van der Waals surface area (Å²) in [5.41, 5.74) is -2.10. The molecule has 0 radical (unpaired) electrons. The number of sulfonamides is 1. The summed E-state index contributed by atoms with van der Waals surface area (Å²) < 4.78 is 32.1. The van der Waals surface area contributed by atoms with Crippen LogP contribution in [-0.2, 0) is 29.1 Å². The molecule has 4 atom stereocenters. The van der Waals surface area contributed by atoms with Crippen LogP contribution >= 0.6 is 0 Å². The average Bonchev–Trinajstić information content (AvgIpc) is 3.26. The number of amides is 4. The van der Waals surface area contributed by atoms with Gasteiger partial charge in [0.1, 0.15) is 23.2 Å². The maximum absolute atomic E-state index is 13.6. The van der Waals surface area contributed by atoms with Gasteiger partial charge >= 0.3 is 6.09 Å². The minimum absolute atomic E-state index is 0.194. The zero-order valence-corrected chi connectivity index (χ0v) is 23.7. The molecule has 2 heterocycles. The Bertz CT molecular complexity index is 1050. The minimum Gasteiger partial charge on any atom is -0.444 e. The van der Waals surface area contributed by atoms with Gasteiger partial charge in [0.15, 0.2) is 0 Å². The van der Waals surface area contributed by atoms with Crippen molar-refractivity contribution in [2.75, 3.05) is 12.3 Å². The lowest BCUT2D eigenvalue weighted by molar-refractivity contribution is -0.141. The van der Waals surface area contributed by atoms with Gasteiger partial charge in [0.25, 0.3) is 5.91 Å². The molecular weight excluding hydrogens is 512 g/mol. The molecule has 2 fully saturated rings. The first-order valence-electron chi connectivity index (χ1n) is 13.6. The van der Waals surface area contributed by atoms with Crippen LogP contribution in [0.3, 0.4) is 0 Å². The number of carbonyl (C=O) groups is 4. The number of ether oxygens (including phenoxy) is 1. The van der Waals surface area contributed by atoms with Gasteiger partial charge in [-0.15, -0.1) is 0 Å². The van der Waals surface area contributed by atoms with E-state index in [2.05, 4.69) is 15.4 Å². The maximum atomic E-state index is 13.6. The topological polar surface area (TPSA) is 151 Å². The number of nitrogens with zero attached hydrogens (tertiary/aromatic N) is 1. The molecule has 0 bridgehead atoms. The van der Waals surface area contributed by atoms with E-state index >= 15 is 0 Å². The molecule has 0 aromatic rings. The van der Waals surface area contributed by atoms with Crippen molar-refractivity contribution in [1.82, 2.24) is 20.3 Å². The van der Waals surface area contributed by atoms with Crippen LogP contribution in [-0.4, -0.2) is 72.7 Å². The predicted octanol–water partition coefficient (Wildman–Crippen LogP) is 2.12. The SMILES string of the molecule is CCCS(=O)(=O)NC(=O)C12CC1/C=C\CCCCCC(NC(=O)OC(C)(C)C)C(=O)N1CCCC1C(=O)N2. The highest BCUT2D eigenvalue weighted by Crippen LogP contribution is 2.45. The van der Waals surface area contributed by atoms with Gasteiger partial charge in [0.05, 0.1) is 5.75 Å². The molecule has 3 rings (SSSR count). The normalized spacial score (nSPS) is 29.6. The largest absolute Gasteiger partial charge is 0.444 e. The fourth-order valence-corrected chi connectivity index (χ4v) is 6.20. The van der Waals surface area contributed by atoms with Crippen molar-refractivity contribution < 1.29 is 32.3 Å². The summed E-state index contributed by atoms with van der Waals surface area (Å²) in [5, 5.41) is 5.50. The molecule has 4 amide bonds. The summed E-state index contributed by atoms with van der Waals surface area (Å²) in [6.45, 7) is 7.27. The van der Waals surface area contributed by atoms with Crippen LogP contribution in [0.1, 0.15) is 85.5 Å². The van der Waals surface area contributed by atoms with E-state index in [4.69, 9.17) is 4.74 Å². The highest BCUT2D eigenvalue weighted by molar-refractivity contribution is 7.90. The number of alkyl carbamates (subject to hydrolysis) is 1. The molecule has 1 saturated heterocycles. The molecule has 4 unspecified atom stereocenters. The first-order chi connectivity index (χ1) is 17.8. The van der Waals surface area contributed by atoms with Crippen LogP contribution in [0.2, 0.25) is 0 Å². The Balaban J connectivity index is 1.83. The predicted molar refractivity (Wildman–Crippen MR) is 141 cm³/mol. The van der Waals surface area contributed by atoms with Crippen LogP contribution in [0.5, 0.6) is 0 Å². The van der Waals surface area contributed by atoms with E-state index in [0.29, 0.717) is 38.6 Å². The Morgan fingerprint density at radius 1 is 1.16 bits per heavy atom. The third-order valence-electron chi connectivity index (χ3n) is 7.05. The fourth-order valence-electron chi connectivity index (χ4n) is 5.10. The van der Waals surface area contributed by atoms with Crippen molar-refractivity contribution in [3.05, 3.63) is 12.2 Å². The first-order valence-corrected chi connectivity index (χ1v) is 15.3. The second kappa shape index (κ2) is 12.0. The molecule has 0 spiro atoms. The molecule has 3 aliphatic rings. The van der Waals surface area contributed by atoms with E-state index in [1.54, 1.807) is 27.7 Å². The summed E-state index contributed by atoms with van der Waals surface area (Å²) in [4.78, 5) is 54.2. The van der Waals surface area contributed by atoms with Crippen molar-refractivity contribution in [2.24, 2.45) is 5.92 Å². The number of hydrogen-bond donors (Lipinski definition) is 3. The number of allylic oxidation sites excluding steroid dienone is 1. The smallest absolute Gasteiger partial charge is 0.408 e. The molecule has 2 aliphatic heterocycles. The number of hydrogen-bond acceptors (Lipinski definition) is 7. The Kier molecular flexibility index (Phi) is 9.48. The highest BCUT2D eigenvalue weighted by atomic mass is 32.2. The van der Waals surface area contributed by atoms with E-state index in [9.17, 15) is 27.6 Å². The molecule has 11 nitrogen and oxygen atoms in total. The first kappa shape index (κ1) is 29.9. The molecule has 3 N–H and O–H groups in total. The molecule has 12 heteroatoms. The van der Waals surface area contributed by atoms with Crippen molar-refractivity contribution in [3.63, 3.8) is 0 Å². The standard InChI is InChI=1S/C26H42N4O7S/c1-5-16-38(35,36)29-23(33)26-17-18(26)12-9-7-6-8-10-13-19(27-24(34)37-25(2,3)4)22(32)30-15-11-14-20(30)21(31)28-26/h9,12,18-20H,5-8,10-11,13-17H2,1-4H3,(H,27,34)(H,28,31)(H,29,33)/b12-9-. The third-order valence-corrected chi connectivity index (χ3v) is 8.49. The molecule has 1 saturated carbocycles. The van der Waals surface area contributed by atoms with E-state index in [1.807, 2.05) is 12.2 Å². The second-order valence-electron chi connectivity index (χ2n) is 11.5. The van der Waals surface area contributed by atoms with Crippen molar-refractivity contribution in [3.8, 4) is 0 Å². The van der Waals surface area contributed by atoms with Gasteiger partial charge < -0.3 is 20.3 Å². The van der Waals surface area contributed by atoms with Crippen LogP contribution in [0, 0.1) is 5.92 Å². The lowest BCUT2D eigenvalue weighted by Gasteiger charge is -2.30. The quantitative estimate of drug-likeness (QED) is 0.440. The molecule has 0 aromatic carbocycles. The van der Waals surface area contributed by atoms with Gasteiger partial charge in [-0.1, -0.05) is 31.9 Å². The molecule has 38 heavy (non-hydrogen) atoms. The zero-order chi connectivity index (χ0) is 28.1. The molecule has 1 aliphatic carbocycles. The lowest BCUT2D eigenvalue weighted by atomic mass is 10.0. The zero-order valence-electron chi connectivity index (χ0n) is 22.9. The van der Waals surface area contributed by atoms with Gasteiger partial charge in [0, 0.05) is 12.5 Å². The molecular formula is C26H42N4O7S. The Hall–Kier alpha value is -2.63. The Morgan fingerprint density at radius 3 is 2.58 bits per heavy atom. The van der Waals surface area contributed by atoms with Crippen LogP contribution in [0.15, 0.2) is 12.2 Å². The monoisotopic (exact) mass is 554 g/mol. The number of nitrogens with one attached hydrogen (secondary N) is 3. The van der Waals surface area contributed by atoms with Crippen molar-refractivity contribution in [2.45, 2.75) is 109 Å². The van der Waals surface area contributed by atoms with Gasteiger partial charge in [0.2, 0.25) is 21.8 Å². The lowest BCUT2D eigenvalue weighted by Crippen LogP contribution is -2.58. The van der Waals surface area contributed by atoms with Crippen molar-refractivity contribution in [1.29, 1.82) is 0 Å². The minimum atomic E-state index is -3.82. The van der Waals surface area contributed by atoms with Gasteiger partial charge in [-0.25, -0.2) is 13.2 Å². The average molecular weight is 555 g/mol. The van der Waals surface area contributed by atoms with Gasteiger partial charge in [-0.2, -0.15) is 0 Å². The van der Waals surface area contributed by atoms with E-state index in [-0.39, 0.29) is 24.0 Å². The number of fused-ring (bicyclic) bond motifs is 2. The third kappa shape index (κ3) is 7.70. The summed E-state index contributed by atoms with van der Waals surface area (Å²) in [5.74, 6) is -2.14. The molecule has 0 aromatic heterocycles. The molecule has 214 valence electrons. The number of carbonyl (C=O) groups excluding carboxylic acids is 4. The fraction of sp³-hybridized carbons (Fsp3) is 0.769. The van der Waals surface area contributed by atoms with E-state index in [1.165, 1.54) is 4.90 Å². The van der Waals surface area contributed by atoms with Crippen LogP contribution in [0.25, 0.3) is 0 Å². The second-order valence-corrected chi connectivity index (χ2v) is 13.3. The van der Waals surface area contributed by atoms with Crippen LogP contribution in [0.4, 0.5) is 4.79 Å². The number of rotatable bonds is 5. The van der Waals surface area contributed by atoms with Crippen LogP contribution < -0.4 is 15.4 Å². The van der Waals surface area contributed by atoms with Gasteiger partial charge in [-0.3, -0.25) is 19.1 Å².